The highest BCUT2D eigenvalue weighted by atomic mass is 35.5. The molecule has 6 nitrogen and oxygen atoms in total. The summed E-state index contributed by atoms with van der Waals surface area (Å²) in [5.74, 6) is 0.603. The molecular weight excluding hydrogens is 464 g/mol. The fourth-order valence-electron chi connectivity index (χ4n) is 4.05. The van der Waals surface area contributed by atoms with Gasteiger partial charge in [0.05, 0.1) is 18.1 Å². The van der Waals surface area contributed by atoms with Crippen LogP contribution in [-0.2, 0) is 16.0 Å². The molecule has 0 unspecified atom stereocenters. The van der Waals surface area contributed by atoms with Gasteiger partial charge in [0.2, 0.25) is 0 Å². The first-order valence-electron chi connectivity index (χ1n) is 11.9. The SMILES string of the molecule is CCOC(=O)Cc1ccc(Oc2ccc(NC(=O)c3cccc(N4CCCCC4)c3)cc2)c(Cl)c1. The van der Waals surface area contributed by atoms with Crippen LogP contribution in [0.1, 0.15) is 42.1 Å². The third-order valence-electron chi connectivity index (χ3n) is 5.82. The molecule has 1 aliphatic rings. The minimum atomic E-state index is -0.298. The number of ether oxygens (including phenoxy) is 2. The quantitative estimate of drug-likeness (QED) is 0.364. The largest absolute Gasteiger partial charge is 0.466 e. The summed E-state index contributed by atoms with van der Waals surface area (Å²) < 4.78 is 10.8. The van der Waals surface area contributed by atoms with Crippen molar-refractivity contribution >= 4 is 34.9 Å². The number of carbonyl (C=O) groups excluding carboxylic acids is 2. The van der Waals surface area contributed by atoms with E-state index < -0.39 is 0 Å². The van der Waals surface area contributed by atoms with Gasteiger partial charge in [-0.25, -0.2) is 0 Å². The van der Waals surface area contributed by atoms with E-state index in [4.69, 9.17) is 21.1 Å². The molecule has 35 heavy (non-hydrogen) atoms. The first-order chi connectivity index (χ1) is 17.0. The summed E-state index contributed by atoms with van der Waals surface area (Å²) in [5, 5.41) is 3.34. The Morgan fingerprint density at radius 3 is 2.46 bits per heavy atom. The van der Waals surface area contributed by atoms with E-state index in [0.717, 1.165) is 24.3 Å². The number of rotatable bonds is 8. The van der Waals surface area contributed by atoms with Crippen LogP contribution >= 0.6 is 11.6 Å². The van der Waals surface area contributed by atoms with Crippen molar-refractivity contribution in [1.29, 1.82) is 0 Å². The second kappa shape index (κ2) is 11.8. The minimum absolute atomic E-state index is 0.155. The molecule has 1 aliphatic heterocycles. The summed E-state index contributed by atoms with van der Waals surface area (Å²) in [5.41, 5.74) is 3.14. The Balaban J connectivity index is 1.36. The van der Waals surface area contributed by atoms with Crippen molar-refractivity contribution in [3.05, 3.63) is 82.9 Å². The molecule has 0 radical (unpaired) electrons. The molecule has 1 fully saturated rings. The van der Waals surface area contributed by atoms with Gasteiger partial charge in [-0.3, -0.25) is 9.59 Å². The van der Waals surface area contributed by atoms with E-state index in [2.05, 4.69) is 16.3 Å². The lowest BCUT2D eigenvalue weighted by Crippen LogP contribution is -2.29. The van der Waals surface area contributed by atoms with E-state index in [9.17, 15) is 9.59 Å². The highest BCUT2D eigenvalue weighted by molar-refractivity contribution is 6.32. The molecule has 3 aromatic rings. The van der Waals surface area contributed by atoms with Gasteiger partial charge in [-0.2, -0.15) is 0 Å². The standard InChI is InChI=1S/C28H29ClN2O4/c1-2-34-27(32)18-20-9-14-26(25(29)17-20)35-24-12-10-22(11-13-24)30-28(33)21-7-6-8-23(19-21)31-15-4-3-5-16-31/h6-14,17,19H,2-5,15-16,18H2,1H3,(H,30,33). The summed E-state index contributed by atoms with van der Waals surface area (Å²) in [4.78, 5) is 26.8. The number of hydrogen-bond acceptors (Lipinski definition) is 5. The zero-order valence-corrected chi connectivity index (χ0v) is 20.5. The molecule has 0 spiro atoms. The number of halogens is 1. The van der Waals surface area contributed by atoms with Gasteiger partial charge in [0.1, 0.15) is 11.5 Å². The van der Waals surface area contributed by atoms with Gasteiger partial charge in [0.15, 0.2) is 0 Å². The molecule has 0 saturated carbocycles. The topological polar surface area (TPSA) is 67.9 Å². The van der Waals surface area contributed by atoms with Crippen LogP contribution in [0.15, 0.2) is 66.7 Å². The Kier molecular flexibility index (Phi) is 8.27. The Morgan fingerprint density at radius 2 is 1.74 bits per heavy atom. The first-order valence-corrected chi connectivity index (χ1v) is 12.3. The lowest BCUT2D eigenvalue weighted by atomic mass is 10.1. The van der Waals surface area contributed by atoms with Crippen LogP contribution in [0.2, 0.25) is 5.02 Å². The summed E-state index contributed by atoms with van der Waals surface area (Å²) in [7, 11) is 0. The van der Waals surface area contributed by atoms with Gasteiger partial charge >= 0.3 is 5.97 Å². The summed E-state index contributed by atoms with van der Waals surface area (Å²) in [6, 6.07) is 20.1. The number of nitrogens with one attached hydrogen (secondary N) is 1. The smallest absolute Gasteiger partial charge is 0.310 e. The number of amides is 1. The molecule has 1 amide bonds. The highest BCUT2D eigenvalue weighted by Crippen LogP contribution is 2.31. The molecule has 1 N–H and O–H groups in total. The summed E-state index contributed by atoms with van der Waals surface area (Å²) in [6.07, 6.45) is 3.80. The van der Waals surface area contributed by atoms with E-state index in [1.807, 2.05) is 18.2 Å². The van der Waals surface area contributed by atoms with Crippen LogP contribution < -0.4 is 15.0 Å². The minimum Gasteiger partial charge on any atom is -0.466 e. The van der Waals surface area contributed by atoms with E-state index in [1.165, 1.54) is 19.3 Å². The molecular formula is C28H29ClN2O4. The van der Waals surface area contributed by atoms with Gasteiger partial charge in [-0.05, 0) is 86.3 Å². The van der Waals surface area contributed by atoms with Crippen LogP contribution in [0.25, 0.3) is 0 Å². The molecule has 7 heteroatoms. The van der Waals surface area contributed by atoms with Gasteiger partial charge in [0, 0.05) is 30.0 Å². The second-order valence-electron chi connectivity index (χ2n) is 8.43. The fourth-order valence-corrected chi connectivity index (χ4v) is 4.29. The third kappa shape index (κ3) is 6.76. The summed E-state index contributed by atoms with van der Waals surface area (Å²) in [6.45, 7) is 4.18. The molecule has 0 atom stereocenters. The van der Waals surface area contributed by atoms with Crippen molar-refractivity contribution in [2.45, 2.75) is 32.6 Å². The number of anilines is 2. The number of nitrogens with zero attached hydrogens (tertiary/aromatic N) is 1. The molecule has 1 heterocycles. The van der Waals surface area contributed by atoms with Gasteiger partial charge in [0.25, 0.3) is 5.91 Å². The number of carbonyl (C=O) groups is 2. The van der Waals surface area contributed by atoms with Gasteiger partial charge < -0.3 is 19.7 Å². The number of esters is 1. The van der Waals surface area contributed by atoms with Crippen molar-refractivity contribution in [1.82, 2.24) is 0 Å². The Hall–Kier alpha value is -3.51. The van der Waals surface area contributed by atoms with Crippen molar-refractivity contribution in [3.8, 4) is 11.5 Å². The molecule has 0 aliphatic carbocycles. The number of hydrogen-bond donors (Lipinski definition) is 1. The lowest BCUT2D eigenvalue weighted by Gasteiger charge is -2.29. The monoisotopic (exact) mass is 492 g/mol. The Labute approximate surface area is 210 Å². The molecule has 0 bridgehead atoms. The molecule has 3 aromatic carbocycles. The predicted molar refractivity (Wildman–Crippen MR) is 139 cm³/mol. The van der Waals surface area contributed by atoms with Crippen molar-refractivity contribution in [3.63, 3.8) is 0 Å². The van der Waals surface area contributed by atoms with Gasteiger partial charge in [-0.15, -0.1) is 0 Å². The van der Waals surface area contributed by atoms with Crippen LogP contribution in [-0.4, -0.2) is 31.6 Å². The number of piperidine rings is 1. The highest BCUT2D eigenvalue weighted by Gasteiger charge is 2.14. The Bertz CT molecular complexity index is 1170. The average Bonchev–Trinajstić information content (AvgIpc) is 2.87. The predicted octanol–water partition coefficient (Wildman–Crippen LogP) is 6.48. The normalized spacial score (nSPS) is 13.3. The maximum atomic E-state index is 12.8. The van der Waals surface area contributed by atoms with Crippen molar-refractivity contribution < 1.29 is 19.1 Å². The van der Waals surface area contributed by atoms with Crippen LogP contribution in [0, 0.1) is 0 Å². The first kappa shape index (κ1) is 24.6. The van der Waals surface area contributed by atoms with Gasteiger partial charge in [-0.1, -0.05) is 23.7 Å². The average molecular weight is 493 g/mol. The van der Waals surface area contributed by atoms with Crippen molar-refractivity contribution in [2.75, 3.05) is 29.9 Å². The van der Waals surface area contributed by atoms with Crippen LogP contribution in [0.3, 0.4) is 0 Å². The zero-order chi connectivity index (χ0) is 24.6. The number of benzene rings is 3. The Morgan fingerprint density at radius 1 is 0.971 bits per heavy atom. The van der Waals surface area contributed by atoms with E-state index in [1.54, 1.807) is 49.4 Å². The lowest BCUT2D eigenvalue weighted by molar-refractivity contribution is -0.142. The fraction of sp³-hybridized carbons (Fsp3) is 0.286. The van der Waals surface area contributed by atoms with Crippen LogP contribution in [0.4, 0.5) is 11.4 Å². The molecule has 1 saturated heterocycles. The van der Waals surface area contributed by atoms with Crippen molar-refractivity contribution in [2.24, 2.45) is 0 Å². The molecule has 4 rings (SSSR count). The van der Waals surface area contributed by atoms with Crippen LogP contribution in [0.5, 0.6) is 11.5 Å². The van der Waals surface area contributed by atoms with E-state index in [0.29, 0.717) is 34.4 Å². The maximum Gasteiger partial charge on any atom is 0.310 e. The zero-order valence-electron chi connectivity index (χ0n) is 19.8. The molecule has 182 valence electrons. The molecule has 0 aromatic heterocycles. The van der Waals surface area contributed by atoms with E-state index >= 15 is 0 Å². The summed E-state index contributed by atoms with van der Waals surface area (Å²) >= 11 is 6.34. The maximum absolute atomic E-state index is 12.8. The second-order valence-corrected chi connectivity index (χ2v) is 8.83. The van der Waals surface area contributed by atoms with E-state index in [-0.39, 0.29) is 18.3 Å². The third-order valence-corrected chi connectivity index (χ3v) is 6.11.